The second-order valence-corrected chi connectivity index (χ2v) is 3.92. The first-order valence-corrected chi connectivity index (χ1v) is 5.35. The summed E-state index contributed by atoms with van der Waals surface area (Å²) < 4.78 is 0. The maximum Gasteiger partial charge on any atom is 0.229 e. The molecule has 2 amide bonds. The zero-order valence-corrected chi connectivity index (χ0v) is 8.61. The van der Waals surface area contributed by atoms with Crippen molar-refractivity contribution in [3.63, 3.8) is 0 Å². The molecule has 5 nitrogen and oxygen atoms in total. The third-order valence-corrected chi connectivity index (χ3v) is 2.80. The van der Waals surface area contributed by atoms with Crippen LogP contribution < -0.4 is 5.32 Å². The number of nitrogens with zero attached hydrogens (tertiary/aromatic N) is 2. The van der Waals surface area contributed by atoms with E-state index in [0.717, 1.165) is 13.0 Å². The fraction of sp³-hybridized carbons (Fsp3) is 0.700. The van der Waals surface area contributed by atoms with Crippen molar-refractivity contribution in [3.05, 3.63) is 0 Å². The van der Waals surface area contributed by atoms with Crippen molar-refractivity contribution in [2.24, 2.45) is 4.99 Å². The van der Waals surface area contributed by atoms with Gasteiger partial charge in [-0.2, -0.15) is 0 Å². The van der Waals surface area contributed by atoms with Gasteiger partial charge in [0.2, 0.25) is 11.8 Å². The molecule has 2 heterocycles. The molecule has 0 saturated carbocycles. The molecule has 0 spiro atoms. The van der Waals surface area contributed by atoms with Gasteiger partial charge >= 0.3 is 0 Å². The highest BCUT2D eigenvalue weighted by molar-refractivity contribution is 5.97. The highest BCUT2D eigenvalue weighted by atomic mass is 16.2. The average Bonchev–Trinajstić information content (AvgIpc) is 2.70. The quantitative estimate of drug-likeness (QED) is 0.661. The Morgan fingerprint density at radius 3 is 2.73 bits per heavy atom. The topological polar surface area (TPSA) is 61.8 Å². The number of likely N-dealkylation sites (tertiary alicyclic amines) is 1. The van der Waals surface area contributed by atoms with Crippen LogP contribution in [0.4, 0.5) is 0 Å². The van der Waals surface area contributed by atoms with E-state index in [2.05, 4.69) is 10.3 Å². The van der Waals surface area contributed by atoms with Crippen molar-refractivity contribution in [1.82, 2.24) is 10.2 Å². The van der Waals surface area contributed by atoms with E-state index in [1.807, 2.05) is 0 Å². The summed E-state index contributed by atoms with van der Waals surface area (Å²) in [4.78, 5) is 28.5. The molecular formula is C10H15N3O2. The Morgan fingerprint density at radius 2 is 2.13 bits per heavy atom. The number of imide groups is 1. The van der Waals surface area contributed by atoms with Crippen LogP contribution in [0.1, 0.15) is 25.7 Å². The third-order valence-electron chi connectivity index (χ3n) is 2.80. The monoisotopic (exact) mass is 209 g/mol. The molecule has 2 rings (SSSR count). The lowest BCUT2D eigenvalue weighted by molar-refractivity contribution is -0.148. The van der Waals surface area contributed by atoms with Gasteiger partial charge in [-0.05, 0) is 12.8 Å². The Labute approximate surface area is 88.5 Å². The summed E-state index contributed by atoms with van der Waals surface area (Å²) in [6, 6.07) is 0.215. The second-order valence-electron chi connectivity index (χ2n) is 3.92. The molecule has 82 valence electrons. The molecule has 1 N–H and O–H groups in total. The molecule has 0 bridgehead atoms. The first-order valence-electron chi connectivity index (χ1n) is 5.35. The van der Waals surface area contributed by atoms with E-state index in [9.17, 15) is 9.59 Å². The average molecular weight is 209 g/mol. The third kappa shape index (κ3) is 2.34. The van der Waals surface area contributed by atoms with Crippen molar-refractivity contribution in [2.75, 3.05) is 13.1 Å². The zero-order valence-electron chi connectivity index (χ0n) is 8.61. The van der Waals surface area contributed by atoms with Gasteiger partial charge in [0.25, 0.3) is 0 Å². The van der Waals surface area contributed by atoms with Crippen LogP contribution in [-0.4, -0.2) is 42.2 Å². The summed E-state index contributed by atoms with van der Waals surface area (Å²) >= 11 is 0. The Balaban J connectivity index is 1.83. The molecular weight excluding hydrogens is 194 g/mol. The van der Waals surface area contributed by atoms with Gasteiger partial charge in [0, 0.05) is 25.9 Å². The summed E-state index contributed by atoms with van der Waals surface area (Å²) in [5.41, 5.74) is 0. The number of carbonyl (C=O) groups excluding carboxylic acids is 2. The molecule has 0 aromatic rings. The molecule has 1 unspecified atom stereocenters. The molecule has 0 aliphatic carbocycles. The van der Waals surface area contributed by atoms with Crippen LogP contribution in [0.15, 0.2) is 4.99 Å². The number of piperidine rings is 1. The van der Waals surface area contributed by atoms with Gasteiger partial charge in [-0.3, -0.25) is 19.5 Å². The first kappa shape index (κ1) is 10.1. The maximum atomic E-state index is 11.5. The highest BCUT2D eigenvalue weighted by Crippen LogP contribution is 2.13. The van der Waals surface area contributed by atoms with E-state index in [0.29, 0.717) is 25.8 Å². The van der Waals surface area contributed by atoms with Gasteiger partial charge < -0.3 is 5.32 Å². The molecule has 0 aromatic heterocycles. The maximum absolute atomic E-state index is 11.5. The normalized spacial score (nSPS) is 25.9. The SMILES string of the molecule is O=C1CCCC(=O)N1CCC1CNC=N1. The summed E-state index contributed by atoms with van der Waals surface area (Å²) in [7, 11) is 0. The van der Waals surface area contributed by atoms with Crippen LogP contribution >= 0.6 is 0 Å². The van der Waals surface area contributed by atoms with Gasteiger partial charge in [-0.15, -0.1) is 0 Å². The van der Waals surface area contributed by atoms with Crippen LogP contribution in [0.3, 0.4) is 0 Å². The molecule has 15 heavy (non-hydrogen) atoms. The van der Waals surface area contributed by atoms with Gasteiger partial charge in [0.15, 0.2) is 0 Å². The van der Waals surface area contributed by atoms with Crippen LogP contribution in [0.5, 0.6) is 0 Å². The number of hydrogen-bond donors (Lipinski definition) is 1. The van der Waals surface area contributed by atoms with E-state index in [1.165, 1.54) is 4.90 Å². The van der Waals surface area contributed by atoms with Crippen LogP contribution in [0.2, 0.25) is 0 Å². The molecule has 2 aliphatic heterocycles. The number of hydrogen-bond acceptors (Lipinski definition) is 4. The van der Waals surface area contributed by atoms with Crippen molar-refractivity contribution >= 4 is 18.2 Å². The number of rotatable bonds is 3. The van der Waals surface area contributed by atoms with Crippen LogP contribution in [0, 0.1) is 0 Å². The first-order chi connectivity index (χ1) is 7.27. The summed E-state index contributed by atoms with van der Waals surface area (Å²) in [5.74, 6) is -0.0534. The van der Waals surface area contributed by atoms with Crippen molar-refractivity contribution in [1.29, 1.82) is 0 Å². The summed E-state index contributed by atoms with van der Waals surface area (Å²) in [6.07, 6.45) is 4.18. The van der Waals surface area contributed by atoms with Crippen LogP contribution in [0.25, 0.3) is 0 Å². The molecule has 1 atom stereocenters. The predicted octanol–water partition coefficient (Wildman–Crippen LogP) is -0.0843. The predicted molar refractivity (Wildman–Crippen MR) is 55.5 cm³/mol. The Bertz CT molecular complexity index is 285. The van der Waals surface area contributed by atoms with E-state index in [-0.39, 0.29) is 17.9 Å². The van der Waals surface area contributed by atoms with E-state index >= 15 is 0 Å². The van der Waals surface area contributed by atoms with Gasteiger partial charge in [-0.1, -0.05) is 0 Å². The lowest BCUT2D eigenvalue weighted by Crippen LogP contribution is -2.41. The molecule has 1 fully saturated rings. The smallest absolute Gasteiger partial charge is 0.229 e. The van der Waals surface area contributed by atoms with E-state index in [4.69, 9.17) is 0 Å². The van der Waals surface area contributed by atoms with Gasteiger partial charge in [0.05, 0.1) is 12.4 Å². The molecule has 1 saturated heterocycles. The Hall–Kier alpha value is -1.39. The highest BCUT2D eigenvalue weighted by Gasteiger charge is 2.26. The minimum Gasteiger partial charge on any atom is -0.374 e. The lowest BCUT2D eigenvalue weighted by atomic mass is 10.1. The summed E-state index contributed by atoms with van der Waals surface area (Å²) in [5, 5.41) is 3.00. The number of carbonyl (C=O) groups is 2. The van der Waals surface area contributed by atoms with Crippen molar-refractivity contribution in [3.8, 4) is 0 Å². The summed E-state index contributed by atoms with van der Waals surface area (Å²) in [6.45, 7) is 1.33. The minimum atomic E-state index is -0.0267. The van der Waals surface area contributed by atoms with Gasteiger partial charge in [0.1, 0.15) is 0 Å². The van der Waals surface area contributed by atoms with Gasteiger partial charge in [-0.25, -0.2) is 0 Å². The molecule has 0 radical (unpaired) electrons. The molecule has 0 aromatic carbocycles. The number of amides is 2. The fourth-order valence-corrected chi connectivity index (χ4v) is 1.90. The largest absolute Gasteiger partial charge is 0.374 e. The molecule has 2 aliphatic rings. The Kier molecular flexibility index (Phi) is 2.99. The van der Waals surface area contributed by atoms with Crippen molar-refractivity contribution in [2.45, 2.75) is 31.7 Å². The standard InChI is InChI=1S/C10H15N3O2/c14-9-2-1-3-10(15)13(9)5-4-8-6-11-7-12-8/h7-8H,1-6H2,(H,11,12). The zero-order chi connectivity index (χ0) is 10.7. The number of nitrogens with one attached hydrogen (secondary N) is 1. The van der Waals surface area contributed by atoms with Crippen molar-refractivity contribution < 1.29 is 9.59 Å². The Morgan fingerprint density at radius 1 is 1.40 bits per heavy atom. The van der Waals surface area contributed by atoms with Crippen LogP contribution in [-0.2, 0) is 9.59 Å². The number of aliphatic imine (C=N–C) groups is 1. The van der Waals surface area contributed by atoms with E-state index < -0.39 is 0 Å². The fourth-order valence-electron chi connectivity index (χ4n) is 1.90. The van der Waals surface area contributed by atoms with E-state index in [1.54, 1.807) is 6.34 Å². The lowest BCUT2D eigenvalue weighted by Gasteiger charge is -2.25. The minimum absolute atomic E-state index is 0.0267. The second kappa shape index (κ2) is 4.42. The molecule has 5 heteroatoms.